The molecule has 21 heavy (non-hydrogen) atoms. The van der Waals surface area contributed by atoms with Gasteiger partial charge in [0.2, 0.25) is 0 Å². The quantitative estimate of drug-likeness (QED) is 0.874. The molecule has 0 aromatic carbocycles. The van der Waals surface area contributed by atoms with Crippen molar-refractivity contribution in [3.05, 3.63) is 23.4 Å². The Balaban J connectivity index is 2.17. The molecule has 0 amide bonds. The summed E-state index contributed by atoms with van der Waals surface area (Å²) in [6.45, 7) is 10.5. The van der Waals surface area contributed by atoms with Crippen molar-refractivity contribution in [3.63, 3.8) is 0 Å². The van der Waals surface area contributed by atoms with Crippen molar-refractivity contribution < 1.29 is 4.74 Å². The summed E-state index contributed by atoms with van der Waals surface area (Å²) in [6, 6.07) is 4.44. The van der Waals surface area contributed by atoms with Gasteiger partial charge in [0.1, 0.15) is 5.82 Å². The predicted octanol–water partition coefficient (Wildman–Crippen LogP) is 2.61. The first-order valence-electron chi connectivity index (χ1n) is 8.16. The minimum absolute atomic E-state index is 0.308. The van der Waals surface area contributed by atoms with Crippen LogP contribution in [0.5, 0.6) is 0 Å². The normalized spacial score (nSPS) is 22.6. The Morgan fingerprint density at radius 3 is 2.86 bits per heavy atom. The topological polar surface area (TPSA) is 37.4 Å². The summed E-state index contributed by atoms with van der Waals surface area (Å²) in [5, 5.41) is 3.40. The average molecular weight is 291 g/mol. The molecule has 0 spiro atoms. The Bertz CT molecular complexity index is 450. The van der Waals surface area contributed by atoms with Gasteiger partial charge in [-0.1, -0.05) is 20.8 Å². The van der Waals surface area contributed by atoms with Crippen molar-refractivity contribution in [2.45, 2.75) is 46.3 Å². The zero-order valence-electron chi connectivity index (χ0n) is 13.9. The maximum atomic E-state index is 5.63. The van der Waals surface area contributed by atoms with E-state index in [1.807, 2.05) is 7.11 Å². The second kappa shape index (κ2) is 7.76. The highest BCUT2D eigenvalue weighted by molar-refractivity contribution is 5.43. The zero-order chi connectivity index (χ0) is 15.2. The van der Waals surface area contributed by atoms with E-state index >= 15 is 0 Å². The number of nitrogens with zero attached hydrogens (tertiary/aromatic N) is 2. The SMILES string of the molecule is CCNCc1cc(CC)nc(N2CCC(C)C(OC)C2)c1. The molecule has 1 N–H and O–H groups in total. The molecule has 1 saturated heterocycles. The second-order valence-electron chi connectivity index (χ2n) is 5.94. The van der Waals surface area contributed by atoms with E-state index in [-0.39, 0.29) is 0 Å². The maximum Gasteiger partial charge on any atom is 0.129 e. The summed E-state index contributed by atoms with van der Waals surface area (Å²) in [7, 11) is 1.82. The molecule has 0 saturated carbocycles. The molecular formula is C17H29N3O. The molecule has 4 heteroatoms. The number of aromatic nitrogens is 1. The number of ether oxygens (including phenoxy) is 1. The molecule has 0 bridgehead atoms. The third-order valence-electron chi connectivity index (χ3n) is 4.38. The van der Waals surface area contributed by atoms with Gasteiger partial charge in [-0.3, -0.25) is 0 Å². The Kier molecular flexibility index (Phi) is 6.00. The summed E-state index contributed by atoms with van der Waals surface area (Å²) in [5.74, 6) is 1.73. The van der Waals surface area contributed by atoms with Gasteiger partial charge < -0.3 is 15.0 Å². The van der Waals surface area contributed by atoms with E-state index in [4.69, 9.17) is 9.72 Å². The molecule has 0 radical (unpaired) electrons. The smallest absolute Gasteiger partial charge is 0.129 e. The monoisotopic (exact) mass is 291 g/mol. The number of pyridine rings is 1. The van der Waals surface area contributed by atoms with Crippen LogP contribution in [0, 0.1) is 5.92 Å². The van der Waals surface area contributed by atoms with E-state index in [1.54, 1.807) is 0 Å². The molecule has 4 nitrogen and oxygen atoms in total. The highest BCUT2D eigenvalue weighted by Gasteiger charge is 2.26. The van der Waals surface area contributed by atoms with E-state index in [0.717, 1.165) is 38.4 Å². The van der Waals surface area contributed by atoms with Gasteiger partial charge in [-0.15, -0.1) is 0 Å². The van der Waals surface area contributed by atoms with Crippen LogP contribution in [0.4, 0.5) is 5.82 Å². The zero-order valence-corrected chi connectivity index (χ0v) is 13.9. The van der Waals surface area contributed by atoms with Crippen LogP contribution in [-0.2, 0) is 17.7 Å². The molecule has 1 fully saturated rings. The standard InChI is InChI=1S/C17H29N3O/c1-5-15-9-14(11-18-6-2)10-17(19-15)20-8-7-13(3)16(12-20)21-4/h9-10,13,16,18H,5-8,11-12H2,1-4H3. The molecule has 2 atom stereocenters. The molecule has 2 rings (SSSR count). The number of hydrogen-bond donors (Lipinski definition) is 1. The summed E-state index contributed by atoms with van der Waals surface area (Å²) >= 11 is 0. The van der Waals surface area contributed by atoms with Gasteiger partial charge in [0.25, 0.3) is 0 Å². The lowest BCUT2D eigenvalue weighted by Crippen LogP contribution is -2.44. The maximum absolute atomic E-state index is 5.63. The number of aryl methyl sites for hydroxylation is 1. The third-order valence-corrected chi connectivity index (χ3v) is 4.38. The molecule has 2 heterocycles. The van der Waals surface area contributed by atoms with E-state index in [2.05, 4.69) is 43.1 Å². The van der Waals surface area contributed by atoms with Crippen molar-refractivity contribution in [1.82, 2.24) is 10.3 Å². The number of nitrogens with one attached hydrogen (secondary N) is 1. The lowest BCUT2D eigenvalue weighted by Gasteiger charge is -2.37. The van der Waals surface area contributed by atoms with Crippen molar-refractivity contribution in [2.75, 3.05) is 31.6 Å². The van der Waals surface area contributed by atoms with Gasteiger partial charge in [0.15, 0.2) is 0 Å². The first-order chi connectivity index (χ1) is 10.2. The molecule has 1 aromatic rings. The van der Waals surface area contributed by atoms with Gasteiger partial charge in [0, 0.05) is 32.4 Å². The molecule has 1 aliphatic heterocycles. The van der Waals surface area contributed by atoms with Crippen LogP contribution in [0.1, 0.15) is 38.4 Å². The highest BCUT2D eigenvalue weighted by Crippen LogP contribution is 2.24. The second-order valence-corrected chi connectivity index (χ2v) is 5.94. The summed E-state index contributed by atoms with van der Waals surface area (Å²) in [6.07, 6.45) is 2.45. The van der Waals surface area contributed by atoms with Crippen LogP contribution < -0.4 is 10.2 Å². The van der Waals surface area contributed by atoms with Gasteiger partial charge >= 0.3 is 0 Å². The largest absolute Gasteiger partial charge is 0.379 e. The molecule has 1 aliphatic rings. The van der Waals surface area contributed by atoms with Crippen LogP contribution in [0.2, 0.25) is 0 Å². The Labute approximate surface area is 128 Å². The van der Waals surface area contributed by atoms with Crippen molar-refractivity contribution >= 4 is 5.82 Å². The number of methoxy groups -OCH3 is 1. The Morgan fingerprint density at radius 1 is 1.38 bits per heavy atom. The summed E-state index contributed by atoms with van der Waals surface area (Å²) in [5.41, 5.74) is 2.50. The molecular weight excluding hydrogens is 262 g/mol. The van der Waals surface area contributed by atoms with E-state index in [9.17, 15) is 0 Å². The number of hydrogen-bond acceptors (Lipinski definition) is 4. The van der Waals surface area contributed by atoms with Crippen molar-refractivity contribution in [3.8, 4) is 0 Å². The van der Waals surface area contributed by atoms with Crippen LogP contribution >= 0.6 is 0 Å². The van der Waals surface area contributed by atoms with Gasteiger partial charge in [-0.05, 0) is 43.0 Å². The molecule has 0 aliphatic carbocycles. The summed E-state index contributed by atoms with van der Waals surface area (Å²) in [4.78, 5) is 7.20. The number of anilines is 1. The van der Waals surface area contributed by atoms with Crippen LogP contribution in [-0.4, -0.2) is 37.8 Å². The average Bonchev–Trinajstić information content (AvgIpc) is 2.53. The van der Waals surface area contributed by atoms with Gasteiger partial charge in [0.05, 0.1) is 6.10 Å². The highest BCUT2D eigenvalue weighted by atomic mass is 16.5. The fraction of sp³-hybridized carbons (Fsp3) is 0.706. The van der Waals surface area contributed by atoms with E-state index in [0.29, 0.717) is 12.0 Å². The third kappa shape index (κ3) is 4.17. The van der Waals surface area contributed by atoms with E-state index in [1.165, 1.54) is 17.7 Å². The molecule has 1 aromatic heterocycles. The Hall–Kier alpha value is -1.13. The molecule has 2 unspecified atom stereocenters. The minimum Gasteiger partial charge on any atom is -0.379 e. The van der Waals surface area contributed by atoms with Crippen LogP contribution in [0.15, 0.2) is 12.1 Å². The van der Waals surface area contributed by atoms with Crippen LogP contribution in [0.3, 0.4) is 0 Å². The van der Waals surface area contributed by atoms with Gasteiger partial charge in [-0.25, -0.2) is 4.98 Å². The fourth-order valence-electron chi connectivity index (χ4n) is 2.90. The van der Waals surface area contributed by atoms with Crippen molar-refractivity contribution in [1.29, 1.82) is 0 Å². The Morgan fingerprint density at radius 2 is 2.19 bits per heavy atom. The predicted molar refractivity (Wildman–Crippen MR) is 87.8 cm³/mol. The first kappa shape index (κ1) is 16.2. The fourth-order valence-corrected chi connectivity index (χ4v) is 2.90. The number of piperidine rings is 1. The lowest BCUT2D eigenvalue weighted by atomic mass is 9.96. The van der Waals surface area contributed by atoms with E-state index < -0.39 is 0 Å². The minimum atomic E-state index is 0.308. The first-order valence-corrected chi connectivity index (χ1v) is 8.16. The number of rotatable bonds is 6. The lowest BCUT2D eigenvalue weighted by molar-refractivity contribution is 0.0496. The van der Waals surface area contributed by atoms with Crippen molar-refractivity contribution in [2.24, 2.45) is 5.92 Å². The summed E-state index contributed by atoms with van der Waals surface area (Å²) < 4.78 is 5.63. The van der Waals surface area contributed by atoms with Crippen LogP contribution in [0.25, 0.3) is 0 Å². The van der Waals surface area contributed by atoms with Gasteiger partial charge in [-0.2, -0.15) is 0 Å². The molecule has 118 valence electrons.